The molecule has 6 rings (SSSR count). The van der Waals surface area contributed by atoms with Gasteiger partial charge in [0, 0.05) is 59.5 Å². The van der Waals surface area contributed by atoms with Crippen LogP contribution in [0.15, 0.2) is 29.2 Å². The Bertz CT molecular complexity index is 1220. The van der Waals surface area contributed by atoms with E-state index in [2.05, 4.69) is 21.3 Å². The quantitative estimate of drug-likeness (QED) is 0.620. The number of hydrogen-bond donors (Lipinski definition) is 2. The van der Waals surface area contributed by atoms with Crippen molar-refractivity contribution in [2.75, 3.05) is 19.6 Å². The monoisotopic (exact) mass is 454 g/mol. The molecular formula is C24H27FN4O2S. The molecule has 0 saturated carbocycles. The summed E-state index contributed by atoms with van der Waals surface area (Å²) in [4.78, 5) is 21.6. The van der Waals surface area contributed by atoms with Gasteiger partial charge in [0.25, 0.3) is 5.56 Å². The van der Waals surface area contributed by atoms with Crippen LogP contribution >= 0.6 is 11.3 Å². The zero-order chi connectivity index (χ0) is 21.8. The van der Waals surface area contributed by atoms with Gasteiger partial charge in [-0.15, -0.1) is 11.3 Å². The lowest BCUT2D eigenvalue weighted by Crippen LogP contribution is -2.53. The number of nitrogens with zero attached hydrogens (tertiary/aromatic N) is 3. The lowest BCUT2D eigenvalue weighted by atomic mass is 9.97. The minimum Gasteiger partial charge on any atom is -0.390 e. The summed E-state index contributed by atoms with van der Waals surface area (Å²) < 4.78 is 16.3. The fourth-order valence-electron chi connectivity index (χ4n) is 5.72. The van der Waals surface area contributed by atoms with Gasteiger partial charge in [-0.1, -0.05) is 0 Å². The Kier molecular flexibility index (Phi) is 5.13. The number of hydrogen-bond acceptors (Lipinski definition) is 6. The molecule has 32 heavy (non-hydrogen) atoms. The topological polar surface area (TPSA) is 70.4 Å². The van der Waals surface area contributed by atoms with E-state index in [1.807, 2.05) is 11.3 Å². The molecular weight excluding hydrogens is 427 g/mol. The van der Waals surface area contributed by atoms with E-state index in [4.69, 9.17) is 0 Å². The van der Waals surface area contributed by atoms with Crippen molar-refractivity contribution in [1.29, 1.82) is 0 Å². The summed E-state index contributed by atoms with van der Waals surface area (Å²) in [5.41, 5.74) is 3.27. The Morgan fingerprint density at radius 1 is 1.28 bits per heavy atom. The number of fused-ring (bicyclic) bond motifs is 1. The molecule has 0 aromatic carbocycles. The number of aliphatic hydroxyl groups is 1. The van der Waals surface area contributed by atoms with E-state index in [1.54, 1.807) is 10.6 Å². The number of aryl methyl sites for hydroxylation is 2. The average Bonchev–Trinajstić information content (AvgIpc) is 3.46. The number of thiophene rings is 1. The second kappa shape index (κ2) is 8.02. The highest BCUT2D eigenvalue weighted by atomic mass is 32.1. The lowest BCUT2D eigenvalue weighted by molar-refractivity contribution is 0.0369. The van der Waals surface area contributed by atoms with Crippen LogP contribution in [0, 0.1) is 5.82 Å². The minimum absolute atomic E-state index is 0.0657. The van der Waals surface area contributed by atoms with Crippen molar-refractivity contribution in [3.05, 3.63) is 61.4 Å². The summed E-state index contributed by atoms with van der Waals surface area (Å²) in [6, 6.07) is 5.56. The van der Waals surface area contributed by atoms with Crippen molar-refractivity contribution in [3.8, 4) is 0 Å². The highest BCUT2D eigenvalue weighted by Crippen LogP contribution is 2.35. The number of piperidine rings is 1. The van der Waals surface area contributed by atoms with Gasteiger partial charge in [-0.05, 0) is 49.9 Å². The number of pyridine rings is 2. The first-order valence-corrected chi connectivity index (χ1v) is 12.3. The molecule has 1 unspecified atom stereocenters. The summed E-state index contributed by atoms with van der Waals surface area (Å²) in [5, 5.41) is 14.4. The van der Waals surface area contributed by atoms with Gasteiger partial charge in [0.05, 0.1) is 23.3 Å². The van der Waals surface area contributed by atoms with Crippen LogP contribution in [0.5, 0.6) is 0 Å². The predicted octanol–water partition coefficient (Wildman–Crippen LogP) is 2.41. The molecule has 3 aromatic rings. The van der Waals surface area contributed by atoms with E-state index in [-0.39, 0.29) is 23.3 Å². The minimum atomic E-state index is -0.468. The highest BCUT2D eigenvalue weighted by molar-refractivity contribution is 7.12. The van der Waals surface area contributed by atoms with Crippen LogP contribution in [0.4, 0.5) is 4.39 Å². The fourth-order valence-corrected chi connectivity index (χ4v) is 6.93. The molecule has 1 fully saturated rings. The highest BCUT2D eigenvalue weighted by Gasteiger charge is 2.34. The van der Waals surface area contributed by atoms with Crippen LogP contribution in [-0.2, 0) is 25.9 Å². The molecule has 2 aliphatic heterocycles. The maximum atomic E-state index is 14.7. The van der Waals surface area contributed by atoms with Crippen LogP contribution in [0.25, 0.3) is 11.0 Å². The third kappa shape index (κ3) is 3.50. The molecule has 3 atom stereocenters. The molecule has 0 bridgehead atoms. The number of aliphatic hydroxyl groups excluding tert-OH is 1. The van der Waals surface area contributed by atoms with E-state index < -0.39 is 6.10 Å². The Morgan fingerprint density at radius 3 is 3.03 bits per heavy atom. The van der Waals surface area contributed by atoms with Crippen molar-refractivity contribution in [2.24, 2.45) is 0 Å². The first kappa shape index (κ1) is 20.5. The van der Waals surface area contributed by atoms with Gasteiger partial charge in [-0.2, -0.15) is 0 Å². The van der Waals surface area contributed by atoms with E-state index in [0.717, 1.165) is 19.5 Å². The van der Waals surface area contributed by atoms with Gasteiger partial charge in [-0.3, -0.25) is 14.7 Å². The van der Waals surface area contributed by atoms with Gasteiger partial charge in [0.2, 0.25) is 0 Å². The third-order valence-corrected chi connectivity index (χ3v) is 8.52. The largest absolute Gasteiger partial charge is 0.390 e. The van der Waals surface area contributed by atoms with Crippen LogP contribution in [0.3, 0.4) is 0 Å². The van der Waals surface area contributed by atoms with E-state index in [1.165, 1.54) is 46.8 Å². The molecule has 6 nitrogen and oxygen atoms in total. The van der Waals surface area contributed by atoms with Crippen molar-refractivity contribution >= 4 is 22.4 Å². The Labute approximate surface area is 189 Å². The molecule has 2 N–H and O–H groups in total. The molecule has 3 aromatic heterocycles. The third-order valence-electron chi connectivity index (χ3n) is 7.28. The number of likely N-dealkylation sites (tertiary alicyclic amines) is 1. The van der Waals surface area contributed by atoms with Crippen LogP contribution < -0.4 is 10.9 Å². The molecule has 1 aliphatic carbocycles. The molecule has 8 heteroatoms. The normalized spacial score (nSPS) is 25.0. The predicted molar refractivity (Wildman–Crippen MR) is 123 cm³/mol. The summed E-state index contributed by atoms with van der Waals surface area (Å²) in [6.07, 6.45) is 5.33. The van der Waals surface area contributed by atoms with E-state index in [0.29, 0.717) is 36.2 Å². The fraction of sp³-hybridized carbons (Fsp3) is 0.500. The number of nitrogens with one attached hydrogen (secondary N) is 1. The SMILES string of the molecule is O=c1ccc2ncc(F)c3c2n1CC3CN1CC[C@H](NCc2cc3c(s2)CCC3)[C@H](O)C1. The molecule has 0 radical (unpaired) electrons. The van der Waals surface area contributed by atoms with E-state index >= 15 is 0 Å². The maximum absolute atomic E-state index is 14.7. The summed E-state index contributed by atoms with van der Waals surface area (Å²) >= 11 is 1.90. The van der Waals surface area contributed by atoms with Crippen molar-refractivity contribution in [3.63, 3.8) is 0 Å². The van der Waals surface area contributed by atoms with Crippen LogP contribution in [0.2, 0.25) is 0 Å². The average molecular weight is 455 g/mol. The summed E-state index contributed by atoms with van der Waals surface area (Å²) in [6.45, 7) is 3.29. The van der Waals surface area contributed by atoms with Crippen LogP contribution in [0.1, 0.15) is 39.6 Å². The molecule has 1 saturated heterocycles. The number of aromatic nitrogens is 2. The maximum Gasteiger partial charge on any atom is 0.251 e. The first-order chi connectivity index (χ1) is 15.6. The molecule has 0 amide bonds. The molecule has 168 valence electrons. The lowest BCUT2D eigenvalue weighted by Gasteiger charge is -2.37. The van der Waals surface area contributed by atoms with Gasteiger partial charge >= 0.3 is 0 Å². The van der Waals surface area contributed by atoms with Gasteiger partial charge in [0.15, 0.2) is 0 Å². The number of halogens is 1. The van der Waals surface area contributed by atoms with Crippen molar-refractivity contribution in [1.82, 2.24) is 19.8 Å². The van der Waals surface area contributed by atoms with Crippen molar-refractivity contribution < 1.29 is 9.50 Å². The Morgan fingerprint density at radius 2 is 2.19 bits per heavy atom. The summed E-state index contributed by atoms with van der Waals surface area (Å²) in [7, 11) is 0. The Balaban J connectivity index is 1.10. The zero-order valence-corrected chi connectivity index (χ0v) is 18.7. The van der Waals surface area contributed by atoms with Gasteiger partial charge < -0.3 is 15.0 Å². The summed E-state index contributed by atoms with van der Waals surface area (Å²) in [5.74, 6) is -0.458. The standard InChI is InChI=1S/C24H27FN4O2S/c25-17-10-27-19-4-5-22(31)29-12-15(23(17)24(19)29)11-28-7-6-18(20(30)13-28)26-9-16-8-14-2-1-3-21(14)32-16/h4-5,8,10,15,18,20,26,30H,1-3,6-7,9,11-13H2/t15?,18-,20+/m0/s1. The van der Waals surface area contributed by atoms with E-state index in [9.17, 15) is 14.3 Å². The smallest absolute Gasteiger partial charge is 0.251 e. The number of β-amino-alcohol motifs (C(OH)–C–C–N with tert-alkyl or cyclic N) is 1. The van der Waals surface area contributed by atoms with Crippen LogP contribution in [-0.4, -0.2) is 51.3 Å². The van der Waals surface area contributed by atoms with Gasteiger partial charge in [-0.25, -0.2) is 4.39 Å². The van der Waals surface area contributed by atoms with Crippen molar-refractivity contribution in [2.45, 2.75) is 56.8 Å². The second-order valence-corrected chi connectivity index (χ2v) is 10.6. The molecule has 5 heterocycles. The molecule has 0 spiro atoms. The van der Waals surface area contributed by atoms with Gasteiger partial charge in [0.1, 0.15) is 5.82 Å². The number of rotatable bonds is 5. The second-order valence-electron chi connectivity index (χ2n) is 9.35. The zero-order valence-electron chi connectivity index (χ0n) is 17.9. The Hall–Kier alpha value is -2.13. The first-order valence-electron chi connectivity index (χ1n) is 11.5. The molecule has 3 aliphatic rings.